The summed E-state index contributed by atoms with van der Waals surface area (Å²) in [4.78, 5) is 3.94. The number of alkyl halides is 3. The van der Waals surface area contributed by atoms with Crippen molar-refractivity contribution in [2.24, 2.45) is 0 Å². The highest BCUT2D eigenvalue weighted by atomic mass is 79.9. The Kier molecular flexibility index (Phi) is 4.95. The highest BCUT2D eigenvalue weighted by Crippen LogP contribution is 2.25. The summed E-state index contributed by atoms with van der Waals surface area (Å²) in [7, 11) is 0. The molecule has 1 N–H and O–H groups in total. The van der Waals surface area contributed by atoms with E-state index in [2.05, 4.69) is 31.0 Å². The first-order valence-electron chi connectivity index (χ1n) is 5.73. The number of nitrogens with zero attached hydrogens (tertiary/aromatic N) is 1. The molecule has 0 aliphatic heterocycles. The van der Waals surface area contributed by atoms with Crippen LogP contribution in [0.5, 0.6) is 5.75 Å². The molecule has 0 bridgehead atoms. The molecule has 0 fully saturated rings. The standard InChI is InChI=1S/C13H9BrClF3N2O/c14-11-5-9(7-20-12(11)15)19-6-8-2-1-3-10(4-8)21-13(16,17)18/h1-5,7,19H,6H2. The summed E-state index contributed by atoms with van der Waals surface area (Å²) in [6, 6.07) is 7.48. The lowest BCUT2D eigenvalue weighted by Crippen LogP contribution is -2.17. The number of anilines is 1. The second kappa shape index (κ2) is 6.53. The van der Waals surface area contributed by atoms with E-state index in [-0.39, 0.29) is 5.75 Å². The van der Waals surface area contributed by atoms with E-state index in [1.165, 1.54) is 24.4 Å². The first kappa shape index (κ1) is 15.9. The SMILES string of the molecule is FC(F)(F)Oc1cccc(CNc2cnc(Cl)c(Br)c2)c1. The minimum atomic E-state index is -4.70. The van der Waals surface area contributed by atoms with E-state index >= 15 is 0 Å². The number of nitrogens with one attached hydrogen (secondary N) is 1. The van der Waals surface area contributed by atoms with Gasteiger partial charge < -0.3 is 10.1 Å². The Bertz CT molecular complexity index is 637. The van der Waals surface area contributed by atoms with Crippen LogP contribution in [0.1, 0.15) is 5.56 Å². The van der Waals surface area contributed by atoms with Gasteiger partial charge >= 0.3 is 6.36 Å². The third kappa shape index (κ3) is 5.09. The summed E-state index contributed by atoms with van der Waals surface area (Å²) in [5, 5.41) is 3.37. The predicted octanol–water partition coefficient (Wildman–Crippen LogP) is 5.01. The first-order valence-corrected chi connectivity index (χ1v) is 6.90. The van der Waals surface area contributed by atoms with Gasteiger partial charge in [-0.2, -0.15) is 0 Å². The summed E-state index contributed by atoms with van der Waals surface area (Å²) >= 11 is 9.01. The number of ether oxygens (including phenoxy) is 1. The highest BCUT2D eigenvalue weighted by molar-refractivity contribution is 9.10. The van der Waals surface area contributed by atoms with Crippen molar-refractivity contribution in [3.05, 3.63) is 51.7 Å². The Morgan fingerprint density at radius 2 is 2.05 bits per heavy atom. The van der Waals surface area contributed by atoms with Crippen molar-refractivity contribution in [2.45, 2.75) is 12.9 Å². The summed E-state index contributed by atoms with van der Waals surface area (Å²) in [5.74, 6) is -0.253. The molecule has 3 nitrogen and oxygen atoms in total. The van der Waals surface area contributed by atoms with Crippen molar-refractivity contribution in [2.75, 3.05) is 5.32 Å². The van der Waals surface area contributed by atoms with E-state index in [1.807, 2.05) is 0 Å². The number of rotatable bonds is 4. The molecule has 21 heavy (non-hydrogen) atoms. The highest BCUT2D eigenvalue weighted by Gasteiger charge is 2.31. The molecule has 2 rings (SSSR count). The molecule has 0 atom stereocenters. The fraction of sp³-hybridized carbons (Fsp3) is 0.154. The van der Waals surface area contributed by atoms with Crippen LogP contribution in [-0.4, -0.2) is 11.3 Å². The Labute approximate surface area is 132 Å². The Hall–Kier alpha value is -1.47. The Balaban J connectivity index is 2.03. The Morgan fingerprint density at radius 1 is 1.29 bits per heavy atom. The van der Waals surface area contributed by atoms with Gasteiger partial charge in [-0.05, 0) is 39.7 Å². The third-order valence-electron chi connectivity index (χ3n) is 2.42. The number of aromatic nitrogens is 1. The summed E-state index contributed by atoms with van der Waals surface area (Å²) < 4.78 is 40.9. The molecular weight excluding hydrogens is 373 g/mol. The van der Waals surface area contributed by atoms with E-state index in [0.29, 0.717) is 27.4 Å². The van der Waals surface area contributed by atoms with Gasteiger partial charge in [0.1, 0.15) is 10.9 Å². The van der Waals surface area contributed by atoms with Gasteiger partial charge in [-0.25, -0.2) is 4.98 Å². The smallest absolute Gasteiger partial charge is 0.406 e. The van der Waals surface area contributed by atoms with Gasteiger partial charge in [-0.3, -0.25) is 0 Å². The number of hydrogen-bond acceptors (Lipinski definition) is 3. The fourth-order valence-electron chi connectivity index (χ4n) is 1.57. The van der Waals surface area contributed by atoms with Crippen LogP contribution >= 0.6 is 27.5 Å². The van der Waals surface area contributed by atoms with E-state index in [1.54, 1.807) is 12.1 Å². The molecule has 1 heterocycles. The minimum absolute atomic E-state index is 0.253. The lowest BCUT2D eigenvalue weighted by molar-refractivity contribution is -0.274. The molecule has 0 radical (unpaired) electrons. The molecule has 112 valence electrons. The van der Waals surface area contributed by atoms with Gasteiger partial charge in [0.15, 0.2) is 0 Å². The lowest BCUT2D eigenvalue weighted by atomic mass is 10.2. The van der Waals surface area contributed by atoms with E-state index in [0.717, 1.165) is 0 Å². The zero-order valence-electron chi connectivity index (χ0n) is 10.4. The van der Waals surface area contributed by atoms with Gasteiger partial charge in [-0.15, -0.1) is 13.2 Å². The van der Waals surface area contributed by atoms with E-state index in [4.69, 9.17) is 11.6 Å². The van der Waals surface area contributed by atoms with Crippen molar-refractivity contribution in [1.82, 2.24) is 4.98 Å². The molecule has 0 saturated carbocycles. The second-order valence-electron chi connectivity index (χ2n) is 4.05. The number of benzene rings is 1. The number of halogens is 5. The first-order chi connectivity index (χ1) is 9.83. The second-order valence-corrected chi connectivity index (χ2v) is 5.26. The van der Waals surface area contributed by atoms with Gasteiger partial charge in [0.05, 0.1) is 16.4 Å². The Morgan fingerprint density at radius 3 is 2.71 bits per heavy atom. The molecule has 1 aromatic heterocycles. The van der Waals surface area contributed by atoms with Crippen molar-refractivity contribution in [1.29, 1.82) is 0 Å². The van der Waals surface area contributed by atoms with Crippen molar-refractivity contribution in [3.63, 3.8) is 0 Å². The van der Waals surface area contributed by atoms with Crippen LogP contribution in [0.15, 0.2) is 41.0 Å². The van der Waals surface area contributed by atoms with Crippen LogP contribution in [0.2, 0.25) is 5.15 Å². The van der Waals surface area contributed by atoms with Crippen LogP contribution < -0.4 is 10.1 Å². The van der Waals surface area contributed by atoms with Gasteiger partial charge in [-0.1, -0.05) is 23.7 Å². The average molecular weight is 382 g/mol. The minimum Gasteiger partial charge on any atom is -0.406 e. The zero-order chi connectivity index (χ0) is 15.5. The van der Waals surface area contributed by atoms with Gasteiger partial charge in [0.25, 0.3) is 0 Å². The molecule has 0 spiro atoms. The predicted molar refractivity (Wildman–Crippen MR) is 77.4 cm³/mol. The molecule has 1 aromatic carbocycles. The van der Waals surface area contributed by atoms with Gasteiger partial charge in [0, 0.05) is 6.54 Å². The topological polar surface area (TPSA) is 34.1 Å². The van der Waals surface area contributed by atoms with Crippen molar-refractivity contribution in [3.8, 4) is 5.75 Å². The molecule has 0 unspecified atom stereocenters. The van der Waals surface area contributed by atoms with Crippen molar-refractivity contribution >= 4 is 33.2 Å². The monoisotopic (exact) mass is 380 g/mol. The summed E-state index contributed by atoms with van der Waals surface area (Å²) in [5.41, 5.74) is 1.33. The molecule has 2 aromatic rings. The molecule has 0 amide bonds. The summed E-state index contributed by atoms with van der Waals surface area (Å²) in [6.45, 7) is 0.324. The van der Waals surface area contributed by atoms with Gasteiger partial charge in [0.2, 0.25) is 0 Å². The maximum atomic E-state index is 12.1. The summed E-state index contributed by atoms with van der Waals surface area (Å²) in [6.07, 6.45) is -3.17. The quantitative estimate of drug-likeness (QED) is 0.756. The molecule has 8 heteroatoms. The molecule has 0 aliphatic carbocycles. The largest absolute Gasteiger partial charge is 0.573 e. The maximum Gasteiger partial charge on any atom is 0.573 e. The number of pyridine rings is 1. The maximum absolute atomic E-state index is 12.1. The number of hydrogen-bond donors (Lipinski definition) is 1. The van der Waals surface area contributed by atoms with E-state index in [9.17, 15) is 13.2 Å². The van der Waals surface area contributed by atoms with Crippen LogP contribution in [0.3, 0.4) is 0 Å². The lowest BCUT2D eigenvalue weighted by Gasteiger charge is -2.11. The zero-order valence-corrected chi connectivity index (χ0v) is 12.8. The average Bonchev–Trinajstić information content (AvgIpc) is 2.39. The van der Waals surface area contributed by atoms with Crippen molar-refractivity contribution < 1.29 is 17.9 Å². The molecule has 0 aliphatic rings. The van der Waals surface area contributed by atoms with Crippen LogP contribution in [-0.2, 0) is 6.54 Å². The van der Waals surface area contributed by atoms with Crippen LogP contribution in [0.25, 0.3) is 0 Å². The van der Waals surface area contributed by atoms with E-state index < -0.39 is 6.36 Å². The third-order valence-corrected chi connectivity index (χ3v) is 3.56. The van der Waals surface area contributed by atoms with Crippen LogP contribution in [0.4, 0.5) is 18.9 Å². The molecular formula is C13H9BrClF3N2O. The molecule has 0 saturated heterocycles. The fourth-order valence-corrected chi connectivity index (χ4v) is 2.03. The normalized spacial score (nSPS) is 11.3. The van der Waals surface area contributed by atoms with Crippen LogP contribution in [0, 0.1) is 0 Å².